The normalized spacial score (nSPS) is 19.1. The van der Waals surface area contributed by atoms with Crippen LogP contribution in [0.1, 0.15) is 23.3 Å². The van der Waals surface area contributed by atoms with E-state index in [1.54, 1.807) is 0 Å². The van der Waals surface area contributed by atoms with Crippen molar-refractivity contribution in [3.63, 3.8) is 0 Å². The second-order valence-electron chi connectivity index (χ2n) is 6.77. The Morgan fingerprint density at radius 1 is 1.22 bits per heavy atom. The molecular formula is C20H21N5O2. The van der Waals surface area contributed by atoms with Crippen LogP contribution in [0, 0.1) is 5.92 Å². The first kappa shape index (κ1) is 17.2. The Bertz CT molecular complexity index is 954. The molecule has 2 atom stereocenters. The number of pyridine rings is 1. The molecule has 0 aliphatic carbocycles. The molecule has 0 saturated carbocycles. The van der Waals surface area contributed by atoms with E-state index in [2.05, 4.69) is 27.6 Å². The van der Waals surface area contributed by atoms with Gasteiger partial charge in [-0.15, -0.1) is 0 Å². The van der Waals surface area contributed by atoms with Crippen molar-refractivity contribution in [1.29, 1.82) is 0 Å². The van der Waals surface area contributed by atoms with Crippen molar-refractivity contribution in [1.82, 2.24) is 20.1 Å². The third-order valence-corrected chi connectivity index (χ3v) is 4.98. The zero-order valence-electron chi connectivity index (χ0n) is 15.0. The predicted octanol–water partition coefficient (Wildman–Crippen LogP) is 3.17. The summed E-state index contributed by atoms with van der Waals surface area (Å²) in [5.74, 6) is 0.197. The minimum atomic E-state index is -0.997. The van der Waals surface area contributed by atoms with E-state index in [0.29, 0.717) is 11.6 Å². The lowest BCUT2D eigenvalue weighted by molar-refractivity contribution is 0.0698. The van der Waals surface area contributed by atoms with Crippen LogP contribution in [0.3, 0.4) is 0 Å². The monoisotopic (exact) mass is 363 g/mol. The highest BCUT2D eigenvalue weighted by Crippen LogP contribution is 2.35. The number of aromatic carboxylic acids is 1. The van der Waals surface area contributed by atoms with Crippen LogP contribution in [-0.4, -0.2) is 38.9 Å². The number of hydrogen-bond acceptors (Lipinski definition) is 5. The highest BCUT2D eigenvalue weighted by Gasteiger charge is 2.29. The number of rotatable bonds is 5. The third-order valence-electron chi connectivity index (χ3n) is 4.98. The van der Waals surface area contributed by atoms with Gasteiger partial charge in [0.1, 0.15) is 5.82 Å². The maximum Gasteiger partial charge on any atom is 0.337 e. The molecular weight excluding hydrogens is 342 g/mol. The zero-order valence-corrected chi connectivity index (χ0v) is 15.0. The number of carbonyl (C=O) groups is 1. The topological polar surface area (TPSA) is 92.1 Å². The van der Waals surface area contributed by atoms with Gasteiger partial charge in [-0.2, -0.15) is 5.10 Å². The molecule has 27 heavy (non-hydrogen) atoms. The molecule has 4 rings (SSSR count). The quantitative estimate of drug-likeness (QED) is 0.645. The van der Waals surface area contributed by atoms with Crippen LogP contribution >= 0.6 is 0 Å². The molecule has 2 aromatic heterocycles. The van der Waals surface area contributed by atoms with Gasteiger partial charge in [-0.3, -0.25) is 4.98 Å². The van der Waals surface area contributed by atoms with Gasteiger partial charge in [0.25, 0.3) is 0 Å². The van der Waals surface area contributed by atoms with Crippen LogP contribution < -0.4 is 10.6 Å². The average Bonchev–Trinajstić information content (AvgIpc) is 3.28. The molecule has 0 bridgehead atoms. The molecule has 0 spiro atoms. The predicted molar refractivity (Wildman–Crippen MR) is 103 cm³/mol. The number of carboxylic acid groups (broad SMARTS) is 1. The van der Waals surface area contributed by atoms with E-state index in [-0.39, 0.29) is 11.6 Å². The van der Waals surface area contributed by atoms with Crippen molar-refractivity contribution < 1.29 is 9.90 Å². The molecule has 0 radical (unpaired) electrons. The second kappa shape index (κ2) is 7.20. The number of nitrogens with zero attached hydrogens (tertiary/aromatic N) is 3. The van der Waals surface area contributed by atoms with Gasteiger partial charge in [0.2, 0.25) is 0 Å². The summed E-state index contributed by atoms with van der Waals surface area (Å²) in [7, 11) is 0. The van der Waals surface area contributed by atoms with Crippen LogP contribution in [-0.2, 0) is 0 Å². The Labute approximate surface area is 157 Å². The van der Waals surface area contributed by atoms with E-state index in [1.165, 1.54) is 18.5 Å². The lowest BCUT2D eigenvalue weighted by Gasteiger charge is -2.20. The molecule has 3 aromatic rings. The average molecular weight is 363 g/mol. The van der Waals surface area contributed by atoms with E-state index in [9.17, 15) is 9.90 Å². The summed E-state index contributed by atoms with van der Waals surface area (Å²) in [6.45, 7) is 3.94. The summed E-state index contributed by atoms with van der Waals surface area (Å²) < 4.78 is 1.96. The molecule has 0 unspecified atom stereocenters. The molecule has 138 valence electrons. The van der Waals surface area contributed by atoms with Crippen molar-refractivity contribution in [2.75, 3.05) is 18.4 Å². The number of nitrogens with one attached hydrogen (secondary N) is 2. The van der Waals surface area contributed by atoms with Crippen molar-refractivity contribution in [2.45, 2.75) is 13.0 Å². The molecule has 3 heterocycles. The Morgan fingerprint density at radius 3 is 2.74 bits per heavy atom. The lowest BCUT2D eigenvalue weighted by Crippen LogP contribution is -2.19. The fraction of sp³-hybridized carbons (Fsp3) is 0.250. The van der Waals surface area contributed by atoms with Gasteiger partial charge >= 0.3 is 5.97 Å². The van der Waals surface area contributed by atoms with E-state index in [1.807, 2.05) is 41.2 Å². The van der Waals surface area contributed by atoms with Gasteiger partial charge in [-0.05, 0) is 24.1 Å². The Kier molecular flexibility index (Phi) is 4.60. The molecule has 1 aromatic carbocycles. The van der Waals surface area contributed by atoms with Crippen molar-refractivity contribution in [3.05, 3.63) is 60.6 Å². The Balaban J connectivity index is 1.82. The lowest BCUT2D eigenvalue weighted by atomic mass is 10.1. The largest absolute Gasteiger partial charge is 0.478 e. The standard InChI is InChI=1S/C20H21N5O2/c1-13-9-22-12-18(13)25-19(16(10-23-25)14-5-3-2-4-6-14)24-17-11-21-8-7-15(17)20(26)27/h2-8,10-11,13,18,22,24H,9,12H2,1H3,(H,26,27)/t13-,18-/m0/s1. The van der Waals surface area contributed by atoms with Crippen molar-refractivity contribution in [3.8, 4) is 11.1 Å². The van der Waals surface area contributed by atoms with E-state index >= 15 is 0 Å². The van der Waals surface area contributed by atoms with Crippen molar-refractivity contribution >= 4 is 17.5 Å². The number of aromatic nitrogens is 3. The first-order chi connectivity index (χ1) is 13.1. The van der Waals surface area contributed by atoms with Gasteiger partial charge in [-0.1, -0.05) is 37.3 Å². The summed E-state index contributed by atoms with van der Waals surface area (Å²) >= 11 is 0. The Morgan fingerprint density at radius 2 is 2.04 bits per heavy atom. The van der Waals surface area contributed by atoms with Crippen LogP contribution in [0.25, 0.3) is 11.1 Å². The summed E-state index contributed by atoms with van der Waals surface area (Å²) in [6.07, 6.45) is 4.85. The van der Waals surface area contributed by atoms with Crippen LogP contribution in [0.4, 0.5) is 11.5 Å². The van der Waals surface area contributed by atoms with Gasteiger partial charge in [0, 0.05) is 18.3 Å². The maximum absolute atomic E-state index is 11.6. The molecule has 1 saturated heterocycles. The minimum Gasteiger partial charge on any atom is -0.478 e. The SMILES string of the molecule is C[C@H]1CNC[C@@H]1n1ncc(-c2ccccc2)c1Nc1cnccc1C(=O)O. The van der Waals surface area contributed by atoms with E-state index in [0.717, 1.165) is 30.0 Å². The summed E-state index contributed by atoms with van der Waals surface area (Å²) in [6, 6.07) is 11.6. The first-order valence-electron chi connectivity index (χ1n) is 8.93. The number of anilines is 2. The Hall–Kier alpha value is -3.19. The summed E-state index contributed by atoms with van der Waals surface area (Å²) in [4.78, 5) is 15.7. The maximum atomic E-state index is 11.6. The van der Waals surface area contributed by atoms with Gasteiger partial charge in [-0.25, -0.2) is 9.48 Å². The van der Waals surface area contributed by atoms with Crippen molar-refractivity contribution in [2.24, 2.45) is 5.92 Å². The molecule has 7 heteroatoms. The number of carboxylic acids is 1. The molecule has 0 amide bonds. The molecule has 1 aliphatic heterocycles. The van der Waals surface area contributed by atoms with Gasteiger partial charge in [0.05, 0.1) is 29.7 Å². The smallest absolute Gasteiger partial charge is 0.337 e. The number of hydrogen-bond donors (Lipinski definition) is 3. The van der Waals surface area contributed by atoms with Crippen LogP contribution in [0.5, 0.6) is 0 Å². The first-order valence-corrected chi connectivity index (χ1v) is 8.93. The number of benzene rings is 1. The zero-order chi connectivity index (χ0) is 18.8. The molecule has 3 N–H and O–H groups in total. The fourth-order valence-electron chi connectivity index (χ4n) is 3.50. The van der Waals surface area contributed by atoms with Gasteiger partial charge in [0.15, 0.2) is 0 Å². The minimum absolute atomic E-state index is 0.175. The molecule has 1 fully saturated rings. The summed E-state index contributed by atoms with van der Waals surface area (Å²) in [5.41, 5.74) is 2.57. The third kappa shape index (κ3) is 3.29. The van der Waals surface area contributed by atoms with E-state index < -0.39 is 5.97 Å². The molecule has 7 nitrogen and oxygen atoms in total. The molecule has 1 aliphatic rings. The fourth-order valence-corrected chi connectivity index (χ4v) is 3.50. The highest BCUT2D eigenvalue weighted by atomic mass is 16.4. The van der Waals surface area contributed by atoms with Crippen LogP contribution in [0.15, 0.2) is 55.0 Å². The van der Waals surface area contributed by atoms with Crippen LogP contribution in [0.2, 0.25) is 0 Å². The van der Waals surface area contributed by atoms with Gasteiger partial charge < -0.3 is 15.7 Å². The van der Waals surface area contributed by atoms with E-state index in [4.69, 9.17) is 0 Å². The highest BCUT2D eigenvalue weighted by molar-refractivity contribution is 5.95. The second-order valence-corrected chi connectivity index (χ2v) is 6.77. The summed E-state index contributed by atoms with van der Waals surface area (Å²) in [5, 5.41) is 20.8.